The van der Waals surface area contributed by atoms with E-state index in [1.54, 1.807) is 20.8 Å². The molecule has 0 radical (unpaired) electrons. The van der Waals surface area contributed by atoms with E-state index in [1.807, 2.05) is 30.3 Å². The third-order valence-corrected chi connectivity index (χ3v) is 3.76. The summed E-state index contributed by atoms with van der Waals surface area (Å²) in [6.45, 7) is 8.12. The molecule has 0 saturated carbocycles. The Balaban J connectivity index is 2.70. The molecule has 5 N–H and O–H groups in total. The first-order valence-corrected chi connectivity index (χ1v) is 8.76. The van der Waals surface area contributed by atoms with E-state index in [4.69, 9.17) is 4.74 Å². The van der Waals surface area contributed by atoms with Crippen LogP contribution in [0.25, 0.3) is 0 Å². The molecule has 0 aromatic heterocycles. The average Bonchev–Trinajstić information content (AvgIpc) is 2.44. The Morgan fingerprint density at radius 2 is 1.65 bits per heavy atom. The summed E-state index contributed by atoms with van der Waals surface area (Å²) in [4.78, 5) is 12.1. The topological polar surface area (TPSA) is 111 Å². The number of alkyl carbamates (subject to hydrolysis) is 1. The summed E-state index contributed by atoms with van der Waals surface area (Å²) >= 11 is 0. The molecule has 7 heteroatoms. The molecule has 0 bridgehead atoms. The van der Waals surface area contributed by atoms with Crippen LogP contribution in [-0.2, 0) is 11.2 Å². The third kappa shape index (κ3) is 8.14. The highest BCUT2D eigenvalue weighted by Gasteiger charge is 2.40. The highest BCUT2D eigenvalue weighted by molar-refractivity contribution is 5.68. The summed E-state index contributed by atoms with van der Waals surface area (Å²) in [7, 11) is 0. The molecule has 0 aliphatic heterocycles. The summed E-state index contributed by atoms with van der Waals surface area (Å²) in [6, 6.07) is 9.37. The van der Waals surface area contributed by atoms with E-state index in [2.05, 4.69) is 10.6 Å². The molecule has 148 valence electrons. The van der Waals surface area contributed by atoms with Gasteiger partial charge in [0.05, 0.1) is 0 Å². The number of aliphatic hydroxyl groups is 3. The molecule has 0 spiro atoms. The average molecular weight is 368 g/mol. The van der Waals surface area contributed by atoms with Gasteiger partial charge in [-0.3, -0.25) is 5.32 Å². The maximum Gasteiger partial charge on any atom is 0.407 e. The summed E-state index contributed by atoms with van der Waals surface area (Å²) in [5, 5.41) is 34.8. The first-order chi connectivity index (χ1) is 11.8. The Kier molecular flexibility index (Phi) is 7.58. The number of nitrogens with one attached hydrogen (secondary N) is 2. The first-order valence-electron chi connectivity index (χ1n) is 8.76. The van der Waals surface area contributed by atoms with E-state index < -0.39 is 23.2 Å². The van der Waals surface area contributed by atoms with Crippen molar-refractivity contribution in [1.29, 1.82) is 0 Å². The van der Waals surface area contributed by atoms with Gasteiger partial charge in [-0.25, -0.2) is 4.79 Å². The minimum Gasteiger partial charge on any atom is -0.444 e. The second-order valence-corrected chi connectivity index (χ2v) is 7.98. The lowest BCUT2D eigenvalue weighted by molar-refractivity contribution is -0.280. The zero-order valence-electron chi connectivity index (χ0n) is 16.2. The van der Waals surface area contributed by atoms with Crippen molar-refractivity contribution in [3.05, 3.63) is 35.9 Å². The molecule has 0 saturated heterocycles. The predicted octanol–water partition coefficient (Wildman–Crippen LogP) is 1.51. The quantitative estimate of drug-likeness (QED) is 0.445. The van der Waals surface area contributed by atoms with Gasteiger partial charge in [-0.15, -0.1) is 0 Å². The van der Waals surface area contributed by atoms with Gasteiger partial charge in [-0.05, 0) is 53.0 Å². The fraction of sp³-hybridized carbons (Fsp3) is 0.632. The van der Waals surface area contributed by atoms with Gasteiger partial charge in [0.1, 0.15) is 11.2 Å². The number of carbonyl (C=O) groups is 1. The van der Waals surface area contributed by atoms with Crippen molar-refractivity contribution < 1.29 is 24.9 Å². The predicted molar refractivity (Wildman–Crippen MR) is 99.4 cm³/mol. The molecule has 1 atom stereocenters. The molecule has 1 rings (SSSR count). The van der Waals surface area contributed by atoms with Crippen LogP contribution in [0.5, 0.6) is 0 Å². The van der Waals surface area contributed by atoms with Gasteiger partial charge in [-0.2, -0.15) is 0 Å². The summed E-state index contributed by atoms with van der Waals surface area (Å²) in [5.74, 6) is -2.43. The summed E-state index contributed by atoms with van der Waals surface area (Å²) in [5.41, 5.74) is -1.30. The Hall–Kier alpha value is -1.67. The van der Waals surface area contributed by atoms with E-state index in [0.717, 1.165) is 5.56 Å². The molecule has 1 unspecified atom stereocenters. The maximum absolute atomic E-state index is 12.1. The van der Waals surface area contributed by atoms with Crippen molar-refractivity contribution in [3.63, 3.8) is 0 Å². The molecule has 0 heterocycles. The second kappa shape index (κ2) is 8.81. The van der Waals surface area contributed by atoms with Crippen LogP contribution in [0.2, 0.25) is 0 Å². The van der Waals surface area contributed by atoms with Crippen molar-refractivity contribution in [2.75, 3.05) is 6.54 Å². The van der Waals surface area contributed by atoms with Gasteiger partial charge in [0.2, 0.25) is 0 Å². The SMILES string of the molecule is CC(C)(C)OC(=O)NC(CCNC(O)(O)C(C)(C)O)Cc1ccccc1. The maximum atomic E-state index is 12.1. The van der Waals surface area contributed by atoms with Crippen LogP contribution in [0.4, 0.5) is 4.79 Å². The van der Waals surface area contributed by atoms with Crippen molar-refractivity contribution in [1.82, 2.24) is 10.6 Å². The molecule has 7 nitrogen and oxygen atoms in total. The molecular formula is C19H32N2O5. The second-order valence-electron chi connectivity index (χ2n) is 7.98. The molecular weight excluding hydrogens is 336 g/mol. The van der Waals surface area contributed by atoms with E-state index in [-0.39, 0.29) is 12.6 Å². The fourth-order valence-electron chi connectivity index (χ4n) is 2.24. The molecule has 0 aliphatic rings. The van der Waals surface area contributed by atoms with Crippen LogP contribution in [-0.4, -0.2) is 51.1 Å². The van der Waals surface area contributed by atoms with E-state index in [1.165, 1.54) is 13.8 Å². The minimum absolute atomic E-state index is 0.171. The first kappa shape index (κ1) is 22.4. The molecule has 0 fully saturated rings. The Labute approximate surface area is 155 Å². The smallest absolute Gasteiger partial charge is 0.407 e. The van der Waals surface area contributed by atoms with Crippen LogP contribution in [0.15, 0.2) is 30.3 Å². The number of amides is 1. The van der Waals surface area contributed by atoms with Gasteiger partial charge in [-0.1, -0.05) is 30.3 Å². The number of rotatable bonds is 8. The lowest BCUT2D eigenvalue weighted by Gasteiger charge is -2.34. The van der Waals surface area contributed by atoms with Crippen LogP contribution in [0.1, 0.15) is 46.6 Å². The van der Waals surface area contributed by atoms with E-state index >= 15 is 0 Å². The molecule has 0 aliphatic carbocycles. The van der Waals surface area contributed by atoms with E-state index in [0.29, 0.717) is 12.8 Å². The lowest BCUT2D eigenvalue weighted by Crippen LogP contribution is -2.61. The summed E-state index contributed by atoms with van der Waals surface area (Å²) in [6.07, 6.45) is 0.446. The molecule has 1 aromatic carbocycles. The highest BCUT2D eigenvalue weighted by atomic mass is 16.6. The molecule has 1 amide bonds. The van der Waals surface area contributed by atoms with Crippen LogP contribution in [0, 0.1) is 0 Å². The van der Waals surface area contributed by atoms with Crippen LogP contribution < -0.4 is 10.6 Å². The minimum atomic E-state index is -2.43. The van der Waals surface area contributed by atoms with Gasteiger partial charge < -0.3 is 25.4 Å². The normalized spacial score (nSPS) is 14.0. The number of ether oxygens (including phenoxy) is 1. The number of benzene rings is 1. The van der Waals surface area contributed by atoms with Crippen molar-refractivity contribution in [3.8, 4) is 0 Å². The van der Waals surface area contributed by atoms with Crippen LogP contribution in [0.3, 0.4) is 0 Å². The monoisotopic (exact) mass is 368 g/mol. The number of carbonyl (C=O) groups excluding carboxylic acids is 1. The van der Waals surface area contributed by atoms with Gasteiger partial charge in [0.25, 0.3) is 5.91 Å². The lowest BCUT2D eigenvalue weighted by atomic mass is 10.0. The fourth-order valence-corrected chi connectivity index (χ4v) is 2.24. The standard InChI is InChI=1S/C19H32N2O5/c1-17(2,3)26-16(22)21-15(13-14-9-7-6-8-10-14)11-12-20-19(24,25)18(4,5)23/h6-10,15,20,23-25H,11-13H2,1-5H3,(H,21,22). The largest absolute Gasteiger partial charge is 0.444 e. The Morgan fingerprint density at radius 3 is 2.15 bits per heavy atom. The van der Waals surface area contributed by atoms with E-state index in [9.17, 15) is 20.1 Å². The molecule has 1 aromatic rings. The summed E-state index contributed by atoms with van der Waals surface area (Å²) < 4.78 is 5.30. The van der Waals surface area contributed by atoms with Gasteiger partial charge in [0, 0.05) is 12.6 Å². The van der Waals surface area contributed by atoms with Gasteiger partial charge in [0.15, 0.2) is 0 Å². The zero-order valence-corrected chi connectivity index (χ0v) is 16.2. The van der Waals surface area contributed by atoms with Crippen molar-refractivity contribution in [2.24, 2.45) is 0 Å². The van der Waals surface area contributed by atoms with Crippen molar-refractivity contribution in [2.45, 2.75) is 70.6 Å². The highest BCUT2D eigenvalue weighted by Crippen LogP contribution is 2.16. The number of hydrogen-bond donors (Lipinski definition) is 5. The van der Waals surface area contributed by atoms with Crippen LogP contribution >= 0.6 is 0 Å². The van der Waals surface area contributed by atoms with Crippen molar-refractivity contribution >= 4 is 6.09 Å². The zero-order chi connectivity index (χ0) is 20.0. The Bertz CT molecular complexity index is 562. The molecule has 26 heavy (non-hydrogen) atoms. The van der Waals surface area contributed by atoms with Gasteiger partial charge >= 0.3 is 6.09 Å². The number of hydrogen-bond acceptors (Lipinski definition) is 6. The Morgan fingerprint density at radius 1 is 1.08 bits per heavy atom. The third-order valence-electron chi connectivity index (χ3n) is 3.76.